The molecule has 5 aromatic rings. The van der Waals surface area contributed by atoms with Crippen molar-refractivity contribution in [3.63, 3.8) is 0 Å². The maximum Gasteiger partial charge on any atom is 0.418 e. The van der Waals surface area contributed by atoms with Gasteiger partial charge in [0.25, 0.3) is 0 Å². The largest absolute Gasteiger partial charge is 0.488 e. The summed E-state index contributed by atoms with van der Waals surface area (Å²) in [6.45, 7) is 11.8. The second-order valence-electron chi connectivity index (χ2n) is 12.8. The molecule has 0 aliphatic carbocycles. The van der Waals surface area contributed by atoms with Gasteiger partial charge in [0.15, 0.2) is 14.0 Å². The number of aromatic nitrogens is 3. The summed E-state index contributed by atoms with van der Waals surface area (Å²) in [6.07, 6.45) is -2.64. The summed E-state index contributed by atoms with van der Waals surface area (Å²) < 4.78 is 75.9. The van der Waals surface area contributed by atoms with Crippen molar-refractivity contribution < 1.29 is 31.5 Å². The molecule has 0 aliphatic rings. The number of ether oxygens (including phenoxy) is 2. The highest BCUT2D eigenvalue weighted by molar-refractivity contribution is 6.74. The molecule has 0 atom stereocenters. The molecule has 248 valence electrons. The minimum absolute atomic E-state index is 0.0220. The van der Waals surface area contributed by atoms with E-state index in [0.29, 0.717) is 17.1 Å². The van der Waals surface area contributed by atoms with Gasteiger partial charge in [-0.05, 0) is 60.4 Å². The molecule has 3 aromatic heterocycles. The number of hydrogen-bond acceptors (Lipinski definition) is 7. The van der Waals surface area contributed by atoms with Crippen LogP contribution in [-0.4, -0.2) is 23.3 Å². The summed E-state index contributed by atoms with van der Waals surface area (Å²) >= 11 is 0. The van der Waals surface area contributed by atoms with Gasteiger partial charge < -0.3 is 13.9 Å². The van der Waals surface area contributed by atoms with Gasteiger partial charge in [-0.1, -0.05) is 51.1 Å². The van der Waals surface area contributed by atoms with E-state index in [1.165, 1.54) is 37.4 Å². The maximum atomic E-state index is 14.5. The van der Waals surface area contributed by atoms with Crippen molar-refractivity contribution in [1.82, 2.24) is 15.0 Å². The van der Waals surface area contributed by atoms with E-state index in [0.717, 1.165) is 5.56 Å². The average Bonchev–Trinajstić information content (AvgIpc) is 3.02. The van der Waals surface area contributed by atoms with Crippen LogP contribution in [0.1, 0.15) is 48.7 Å². The summed E-state index contributed by atoms with van der Waals surface area (Å²) in [6, 6.07) is 18.2. The standard InChI is InChI=1S/C36H34F4N4O3Si/c1-22-26(36(38,39)40)19-43-34(47-30-13-12-25(37)16-24(30)21-46-48(5,6)35(2,3)4)32(22)28-17-31(45-20-23-10-8-7-9-11-23)33-27(44-28)14-15-42-29(33)18-41/h7-17,19H,20-21H2,1-6H3. The monoisotopic (exact) mass is 674 g/mol. The molecule has 0 radical (unpaired) electrons. The summed E-state index contributed by atoms with van der Waals surface area (Å²) in [4.78, 5) is 12.9. The Labute approximate surface area is 277 Å². The van der Waals surface area contributed by atoms with Crippen LogP contribution in [0.3, 0.4) is 0 Å². The molecule has 0 bridgehead atoms. The van der Waals surface area contributed by atoms with E-state index >= 15 is 0 Å². The molecule has 48 heavy (non-hydrogen) atoms. The number of nitriles is 1. The molecule has 0 fully saturated rings. The zero-order valence-corrected chi connectivity index (χ0v) is 28.4. The molecule has 12 heteroatoms. The van der Waals surface area contributed by atoms with Gasteiger partial charge in [-0.15, -0.1) is 0 Å². The van der Waals surface area contributed by atoms with Crippen molar-refractivity contribution in [2.24, 2.45) is 0 Å². The third kappa shape index (κ3) is 7.32. The number of benzene rings is 2. The molecule has 0 saturated heterocycles. The molecule has 0 amide bonds. The minimum Gasteiger partial charge on any atom is -0.488 e. The lowest BCUT2D eigenvalue weighted by atomic mass is 10.0. The van der Waals surface area contributed by atoms with Crippen LogP contribution < -0.4 is 9.47 Å². The average molecular weight is 675 g/mol. The van der Waals surface area contributed by atoms with Crippen LogP contribution in [0, 0.1) is 24.1 Å². The van der Waals surface area contributed by atoms with Crippen LogP contribution in [0.15, 0.2) is 73.1 Å². The number of fused-ring (bicyclic) bond motifs is 1. The Balaban J connectivity index is 1.66. The van der Waals surface area contributed by atoms with Crippen molar-refractivity contribution in [2.45, 2.75) is 65.2 Å². The highest BCUT2D eigenvalue weighted by Crippen LogP contribution is 2.44. The molecule has 0 N–H and O–H groups in total. The fraction of sp³-hybridized carbons (Fsp3) is 0.278. The number of pyridine rings is 3. The zero-order valence-electron chi connectivity index (χ0n) is 27.4. The Hall–Kier alpha value is -4.86. The van der Waals surface area contributed by atoms with E-state index in [1.54, 1.807) is 6.07 Å². The fourth-order valence-electron chi connectivity index (χ4n) is 4.79. The number of alkyl halides is 3. The molecule has 5 rings (SSSR count). The first-order chi connectivity index (χ1) is 22.6. The number of halogens is 4. The van der Waals surface area contributed by atoms with E-state index < -0.39 is 25.9 Å². The minimum atomic E-state index is -4.73. The quantitative estimate of drug-likeness (QED) is 0.114. The lowest BCUT2D eigenvalue weighted by Gasteiger charge is -2.36. The molecule has 0 unspecified atom stereocenters. The lowest BCUT2D eigenvalue weighted by molar-refractivity contribution is -0.138. The Morgan fingerprint density at radius 2 is 1.65 bits per heavy atom. The third-order valence-electron chi connectivity index (χ3n) is 8.52. The van der Waals surface area contributed by atoms with Crippen LogP contribution in [0.5, 0.6) is 17.4 Å². The van der Waals surface area contributed by atoms with Gasteiger partial charge >= 0.3 is 6.18 Å². The molecular weight excluding hydrogens is 640 g/mol. The van der Waals surface area contributed by atoms with E-state index in [4.69, 9.17) is 13.9 Å². The van der Waals surface area contributed by atoms with Gasteiger partial charge in [-0.3, -0.25) is 0 Å². The Kier molecular flexibility index (Phi) is 9.57. The normalized spacial score (nSPS) is 12.2. The molecule has 2 aromatic carbocycles. The third-order valence-corrected chi connectivity index (χ3v) is 13.0. The smallest absolute Gasteiger partial charge is 0.418 e. The Morgan fingerprint density at radius 1 is 0.917 bits per heavy atom. The van der Waals surface area contributed by atoms with Gasteiger partial charge in [0.2, 0.25) is 5.88 Å². The number of nitrogens with zero attached hydrogens (tertiary/aromatic N) is 4. The SMILES string of the molecule is Cc1c(C(F)(F)F)cnc(Oc2ccc(F)cc2CO[Si](C)(C)C(C)(C)C)c1-c1cc(OCc2ccccc2)c2c(C#N)nccc2n1. The summed E-state index contributed by atoms with van der Waals surface area (Å²) in [5.41, 5.74) is 0.359. The molecule has 7 nitrogen and oxygen atoms in total. The number of rotatable bonds is 9. The predicted molar refractivity (Wildman–Crippen MR) is 176 cm³/mol. The van der Waals surface area contributed by atoms with E-state index in [1.807, 2.05) is 36.4 Å². The molecule has 0 aliphatic heterocycles. The molecule has 0 spiro atoms. The molecule has 3 heterocycles. The van der Waals surface area contributed by atoms with Crippen LogP contribution in [-0.2, 0) is 23.8 Å². The molecule has 0 saturated carbocycles. The van der Waals surface area contributed by atoms with E-state index in [9.17, 15) is 22.8 Å². The highest BCUT2D eigenvalue weighted by Gasteiger charge is 2.38. The number of hydrogen-bond donors (Lipinski definition) is 0. The fourth-order valence-corrected chi connectivity index (χ4v) is 5.74. The maximum absolute atomic E-state index is 14.5. The summed E-state index contributed by atoms with van der Waals surface area (Å²) in [5, 5.41) is 10.00. The summed E-state index contributed by atoms with van der Waals surface area (Å²) in [7, 11) is -2.26. The van der Waals surface area contributed by atoms with Gasteiger partial charge in [0.05, 0.1) is 34.3 Å². The van der Waals surface area contributed by atoms with Crippen LogP contribution >= 0.6 is 0 Å². The van der Waals surface area contributed by atoms with Crippen molar-refractivity contribution >= 4 is 19.2 Å². The topological polar surface area (TPSA) is 90.2 Å². The lowest BCUT2D eigenvalue weighted by Crippen LogP contribution is -2.40. The van der Waals surface area contributed by atoms with E-state index in [2.05, 4.69) is 48.8 Å². The van der Waals surface area contributed by atoms with Gasteiger partial charge in [-0.25, -0.2) is 19.3 Å². The van der Waals surface area contributed by atoms with Gasteiger partial charge in [-0.2, -0.15) is 18.4 Å². The van der Waals surface area contributed by atoms with Crippen molar-refractivity contribution in [3.8, 4) is 34.7 Å². The van der Waals surface area contributed by atoms with Crippen molar-refractivity contribution in [2.75, 3.05) is 0 Å². The van der Waals surface area contributed by atoms with Gasteiger partial charge in [0, 0.05) is 24.0 Å². The van der Waals surface area contributed by atoms with Crippen LogP contribution in [0.4, 0.5) is 17.6 Å². The van der Waals surface area contributed by atoms with Crippen LogP contribution in [0.25, 0.3) is 22.2 Å². The second-order valence-corrected chi connectivity index (χ2v) is 17.6. The first kappa shape index (κ1) is 34.5. The summed E-state index contributed by atoms with van der Waals surface area (Å²) in [5.74, 6) is -0.348. The van der Waals surface area contributed by atoms with Crippen molar-refractivity contribution in [1.29, 1.82) is 5.26 Å². The zero-order chi connectivity index (χ0) is 34.9. The van der Waals surface area contributed by atoms with Gasteiger partial charge in [0.1, 0.15) is 30.0 Å². The Morgan fingerprint density at radius 3 is 2.31 bits per heavy atom. The first-order valence-electron chi connectivity index (χ1n) is 15.1. The predicted octanol–water partition coefficient (Wildman–Crippen LogP) is 9.92. The highest BCUT2D eigenvalue weighted by atomic mass is 28.4. The van der Waals surface area contributed by atoms with Crippen LogP contribution in [0.2, 0.25) is 18.1 Å². The first-order valence-corrected chi connectivity index (χ1v) is 18.0. The van der Waals surface area contributed by atoms with Crippen molar-refractivity contribution in [3.05, 3.63) is 107 Å². The Bertz CT molecular complexity index is 2010. The second kappa shape index (κ2) is 13.3. The molecular formula is C36H34F4N4O3Si. The van der Waals surface area contributed by atoms with E-state index in [-0.39, 0.29) is 63.7 Å².